The lowest BCUT2D eigenvalue weighted by Crippen LogP contribution is -2.32. The van der Waals surface area contributed by atoms with Crippen LogP contribution in [0.25, 0.3) is 11.5 Å². The molecular formula is C13H14N4O2S. The molecule has 7 heteroatoms. The van der Waals surface area contributed by atoms with E-state index >= 15 is 0 Å². The normalized spacial score (nSPS) is 15.8. The summed E-state index contributed by atoms with van der Waals surface area (Å²) < 4.78 is 5.53. The molecule has 104 valence electrons. The van der Waals surface area contributed by atoms with Crippen LogP contribution in [-0.4, -0.2) is 32.4 Å². The number of amides is 1. The van der Waals surface area contributed by atoms with Crippen molar-refractivity contribution >= 4 is 17.7 Å². The molecule has 1 atom stereocenters. The van der Waals surface area contributed by atoms with E-state index in [1.807, 2.05) is 13.0 Å². The van der Waals surface area contributed by atoms with Gasteiger partial charge < -0.3 is 9.73 Å². The Morgan fingerprint density at radius 1 is 1.50 bits per heavy atom. The summed E-state index contributed by atoms with van der Waals surface area (Å²) in [6.07, 6.45) is 5.49. The standard InChI is InChI=1S/C13H14N4O2S/c1-8(11(18)15-10-4-5-10)20-13-17-16-12(19-13)9-3-2-6-14-7-9/h2-3,6-8,10H,4-5H2,1H3,(H,15,18)/t8-/m1/s1. The zero-order valence-corrected chi connectivity index (χ0v) is 11.8. The summed E-state index contributed by atoms with van der Waals surface area (Å²) in [5.74, 6) is 0.425. The molecule has 20 heavy (non-hydrogen) atoms. The zero-order chi connectivity index (χ0) is 13.9. The van der Waals surface area contributed by atoms with Crippen LogP contribution < -0.4 is 5.32 Å². The Hall–Kier alpha value is -1.89. The van der Waals surface area contributed by atoms with Crippen LogP contribution in [-0.2, 0) is 4.79 Å². The third kappa shape index (κ3) is 3.16. The minimum absolute atomic E-state index is 0.0126. The molecule has 1 aliphatic rings. The van der Waals surface area contributed by atoms with Gasteiger partial charge in [0.05, 0.1) is 10.8 Å². The third-order valence-electron chi connectivity index (χ3n) is 2.89. The van der Waals surface area contributed by atoms with Crippen LogP contribution in [0.2, 0.25) is 0 Å². The number of carbonyl (C=O) groups excluding carboxylic acids is 1. The van der Waals surface area contributed by atoms with Crippen molar-refractivity contribution in [1.82, 2.24) is 20.5 Å². The minimum Gasteiger partial charge on any atom is -0.411 e. The fraction of sp³-hybridized carbons (Fsp3) is 0.385. The lowest BCUT2D eigenvalue weighted by molar-refractivity contribution is -0.120. The molecule has 0 spiro atoms. The van der Waals surface area contributed by atoms with E-state index in [1.54, 1.807) is 18.5 Å². The van der Waals surface area contributed by atoms with Crippen LogP contribution in [0.15, 0.2) is 34.2 Å². The molecule has 1 N–H and O–H groups in total. The lowest BCUT2D eigenvalue weighted by atomic mass is 10.3. The van der Waals surface area contributed by atoms with Crippen LogP contribution >= 0.6 is 11.8 Å². The molecule has 1 fully saturated rings. The highest BCUT2D eigenvalue weighted by molar-refractivity contribution is 8.00. The number of thioether (sulfide) groups is 1. The first kappa shape index (κ1) is 13.1. The van der Waals surface area contributed by atoms with Crippen molar-refractivity contribution in [2.45, 2.75) is 36.3 Å². The predicted octanol–water partition coefficient (Wildman–Crippen LogP) is 1.89. The summed E-state index contributed by atoms with van der Waals surface area (Å²) in [5, 5.41) is 11.0. The Bertz CT molecular complexity index is 597. The van der Waals surface area contributed by atoms with Gasteiger partial charge in [-0.15, -0.1) is 10.2 Å². The van der Waals surface area contributed by atoms with Crippen molar-refractivity contribution < 1.29 is 9.21 Å². The Labute approximate surface area is 120 Å². The summed E-state index contributed by atoms with van der Waals surface area (Å²) in [6.45, 7) is 1.83. The first-order valence-electron chi connectivity index (χ1n) is 6.43. The Morgan fingerprint density at radius 3 is 3.05 bits per heavy atom. The SMILES string of the molecule is C[C@@H](Sc1nnc(-c2cccnc2)o1)C(=O)NC1CC1. The average molecular weight is 290 g/mol. The molecule has 6 nitrogen and oxygen atoms in total. The number of nitrogens with zero attached hydrogens (tertiary/aromatic N) is 3. The van der Waals surface area contributed by atoms with Gasteiger partial charge in [0.15, 0.2) is 0 Å². The van der Waals surface area contributed by atoms with Gasteiger partial charge in [0.25, 0.3) is 5.22 Å². The van der Waals surface area contributed by atoms with Crippen molar-refractivity contribution in [2.24, 2.45) is 0 Å². The van der Waals surface area contributed by atoms with Crippen LogP contribution in [0.5, 0.6) is 0 Å². The first-order valence-corrected chi connectivity index (χ1v) is 7.31. The molecule has 0 bridgehead atoms. The van der Waals surface area contributed by atoms with Gasteiger partial charge in [-0.05, 0) is 31.9 Å². The highest BCUT2D eigenvalue weighted by atomic mass is 32.2. The molecule has 0 aliphatic heterocycles. The summed E-state index contributed by atoms with van der Waals surface area (Å²) in [6, 6.07) is 4.01. The van der Waals surface area contributed by atoms with Gasteiger partial charge >= 0.3 is 0 Å². The third-order valence-corrected chi connectivity index (χ3v) is 3.82. The molecular weight excluding hydrogens is 276 g/mol. The lowest BCUT2D eigenvalue weighted by Gasteiger charge is -2.08. The molecule has 0 aromatic carbocycles. The molecule has 3 rings (SSSR count). The van der Waals surface area contributed by atoms with Crippen LogP contribution in [0, 0.1) is 0 Å². The first-order chi connectivity index (χ1) is 9.72. The van der Waals surface area contributed by atoms with E-state index in [0.29, 0.717) is 17.2 Å². The van der Waals surface area contributed by atoms with Crippen LogP contribution in [0.1, 0.15) is 19.8 Å². The van der Waals surface area contributed by atoms with Crippen LogP contribution in [0.4, 0.5) is 0 Å². The van der Waals surface area contributed by atoms with Gasteiger partial charge in [-0.25, -0.2) is 0 Å². The maximum Gasteiger partial charge on any atom is 0.277 e. The van der Waals surface area contributed by atoms with E-state index in [2.05, 4.69) is 20.5 Å². The summed E-state index contributed by atoms with van der Waals surface area (Å²) in [7, 11) is 0. The zero-order valence-electron chi connectivity index (χ0n) is 10.9. The number of pyridine rings is 1. The van der Waals surface area contributed by atoms with Gasteiger partial charge in [0, 0.05) is 18.4 Å². The van der Waals surface area contributed by atoms with E-state index in [0.717, 1.165) is 18.4 Å². The molecule has 2 aromatic rings. The number of carbonyl (C=O) groups is 1. The molecule has 0 unspecified atom stereocenters. The van der Waals surface area contributed by atoms with E-state index < -0.39 is 0 Å². The Balaban J connectivity index is 1.63. The highest BCUT2D eigenvalue weighted by Crippen LogP contribution is 2.26. The molecule has 1 amide bonds. The quantitative estimate of drug-likeness (QED) is 0.847. The van der Waals surface area contributed by atoms with Gasteiger partial charge in [0.1, 0.15) is 0 Å². The fourth-order valence-electron chi connectivity index (χ4n) is 1.61. The highest BCUT2D eigenvalue weighted by Gasteiger charge is 2.26. The van der Waals surface area contributed by atoms with Crippen molar-refractivity contribution in [3.05, 3.63) is 24.5 Å². The number of aromatic nitrogens is 3. The van der Waals surface area contributed by atoms with Crippen molar-refractivity contribution in [3.8, 4) is 11.5 Å². The minimum atomic E-state index is -0.252. The average Bonchev–Trinajstić information content (AvgIpc) is 3.16. The van der Waals surface area contributed by atoms with E-state index in [4.69, 9.17) is 4.42 Å². The van der Waals surface area contributed by atoms with E-state index in [1.165, 1.54) is 11.8 Å². The van der Waals surface area contributed by atoms with E-state index in [-0.39, 0.29) is 11.2 Å². The molecule has 2 heterocycles. The second-order valence-corrected chi connectivity index (χ2v) is 5.95. The van der Waals surface area contributed by atoms with Crippen molar-refractivity contribution in [2.75, 3.05) is 0 Å². The van der Waals surface area contributed by atoms with Gasteiger partial charge in [-0.1, -0.05) is 11.8 Å². The smallest absolute Gasteiger partial charge is 0.277 e. The molecule has 1 aliphatic carbocycles. The number of hydrogen-bond acceptors (Lipinski definition) is 6. The van der Waals surface area contributed by atoms with Crippen LogP contribution in [0.3, 0.4) is 0 Å². The Kier molecular flexibility index (Phi) is 3.68. The number of nitrogens with one attached hydrogen (secondary N) is 1. The van der Waals surface area contributed by atoms with Gasteiger partial charge in [0.2, 0.25) is 11.8 Å². The molecule has 2 aromatic heterocycles. The maximum absolute atomic E-state index is 11.8. The molecule has 1 saturated carbocycles. The fourth-order valence-corrected chi connectivity index (χ4v) is 2.31. The molecule has 0 saturated heterocycles. The van der Waals surface area contributed by atoms with Crippen molar-refractivity contribution in [3.63, 3.8) is 0 Å². The second-order valence-electron chi connectivity index (χ2n) is 4.66. The van der Waals surface area contributed by atoms with Crippen molar-refractivity contribution in [1.29, 1.82) is 0 Å². The number of hydrogen-bond donors (Lipinski definition) is 1. The summed E-state index contributed by atoms with van der Waals surface area (Å²) >= 11 is 1.26. The monoisotopic (exact) mass is 290 g/mol. The summed E-state index contributed by atoms with van der Waals surface area (Å²) in [4.78, 5) is 15.8. The largest absolute Gasteiger partial charge is 0.411 e. The second kappa shape index (κ2) is 5.62. The topological polar surface area (TPSA) is 80.9 Å². The molecule has 0 radical (unpaired) electrons. The van der Waals surface area contributed by atoms with Gasteiger partial charge in [-0.2, -0.15) is 0 Å². The number of rotatable bonds is 5. The van der Waals surface area contributed by atoms with E-state index in [9.17, 15) is 4.79 Å². The summed E-state index contributed by atoms with van der Waals surface area (Å²) in [5.41, 5.74) is 0.766. The maximum atomic E-state index is 11.8. The Morgan fingerprint density at radius 2 is 2.35 bits per heavy atom. The predicted molar refractivity (Wildman–Crippen MR) is 74.0 cm³/mol. The van der Waals surface area contributed by atoms with Gasteiger partial charge in [-0.3, -0.25) is 9.78 Å².